The average Bonchev–Trinajstić information content (AvgIpc) is 2.40. The zero-order valence-electron chi connectivity index (χ0n) is 10.7. The van der Waals surface area contributed by atoms with Crippen LogP contribution in [0.1, 0.15) is 10.4 Å². The summed E-state index contributed by atoms with van der Waals surface area (Å²) in [5.41, 5.74) is -0.539. The summed E-state index contributed by atoms with van der Waals surface area (Å²) < 4.78 is 51.9. The molecule has 0 aliphatic heterocycles. The van der Waals surface area contributed by atoms with E-state index in [4.69, 9.17) is 5.11 Å². The molecular formula is C13H9F2NO5S. The lowest BCUT2D eigenvalue weighted by Crippen LogP contribution is -2.13. The van der Waals surface area contributed by atoms with Crippen LogP contribution in [0.2, 0.25) is 0 Å². The summed E-state index contributed by atoms with van der Waals surface area (Å²) in [6.45, 7) is 0. The fraction of sp³-hybridized carbons (Fsp3) is 0. The molecule has 0 radical (unpaired) electrons. The number of benzene rings is 2. The third-order valence-corrected chi connectivity index (χ3v) is 4.06. The molecule has 0 bridgehead atoms. The van der Waals surface area contributed by atoms with Crippen LogP contribution in [-0.2, 0) is 10.0 Å². The van der Waals surface area contributed by atoms with Gasteiger partial charge in [0.1, 0.15) is 11.3 Å². The third kappa shape index (κ3) is 3.14. The number of hydrogen-bond donors (Lipinski definition) is 3. The van der Waals surface area contributed by atoms with Crippen molar-refractivity contribution in [2.75, 3.05) is 4.72 Å². The SMILES string of the molecule is O=C(O)c1ccc(NS(=O)(=O)c2ccc(F)c(F)c2)cc1O. The molecule has 0 saturated heterocycles. The predicted octanol–water partition coefficient (Wildman–Crippen LogP) is 2.17. The highest BCUT2D eigenvalue weighted by Crippen LogP contribution is 2.24. The molecule has 6 nitrogen and oxygen atoms in total. The maximum atomic E-state index is 13.1. The summed E-state index contributed by atoms with van der Waals surface area (Å²) in [6.07, 6.45) is 0. The van der Waals surface area contributed by atoms with E-state index in [0.717, 1.165) is 24.3 Å². The van der Waals surface area contributed by atoms with Crippen molar-refractivity contribution in [2.45, 2.75) is 4.90 Å². The van der Waals surface area contributed by atoms with Crippen molar-refractivity contribution in [1.82, 2.24) is 0 Å². The summed E-state index contributed by atoms with van der Waals surface area (Å²) in [7, 11) is -4.22. The van der Waals surface area contributed by atoms with Gasteiger partial charge in [-0.15, -0.1) is 0 Å². The van der Waals surface area contributed by atoms with Crippen LogP contribution >= 0.6 is 0 Å². The second-order valence-corrected chi connectivity index (χ2v) is 5.90. The van der Waals surface area contributed by atoms with Crippen LogP contribution in [0.4, 0.5) is 14.5 Å². The minimum absolute atomic E-state index is 0.132. The van der Waals surface area contributed by atoms with Crippen LogP contribution in [0.15, 0.2) is 41.3 Å². The van der Waals surface area contributed by atoms with Crippen molar-refractivity contribution >= 4 is 21.7 Å². The Hall–Kier alpha value is -2.68. The van der Waals surface area contributed by atoms with Crippen LogP contribution in [0.3, 0.4) is 0 Å². The Kier molecular flexibility index (Phi) is 4.00. The number of carboxylic acid groups (broad SMARTS) is 1. The van der Waals surface area contributed by atoms with Gasteiger partial charge in [0, 0.05) is 6.07 Å². The summed E-state index contributed by atoms with van der Waals surface area (Å²) in [5.74, 6) is -4.54. The van der Waals surface area contributed by atoms with Gasteiger partial charge in [0.05, 0.1) is 10.6 Å². The van der Waals surface area contributed by atoms with E-state index in [1.165, 1.54) is 0 Å². The molecule has 116 valence electrons. The van der Waals surface area contributed by atoms with Crippen molar-refractivity contribution < 1.29 is 32.2 Å². The van der Waals surface area contributed by atoms with Crippen molar-refractivity contribution in [3.63, 3.8) is 0 Å². The number of phenols is 1. The van der Waals surface area contributed by atoms with Gasteiger partial charge >= 0.3 is 5.97 Å². The topological polar surface area (TPSA) is 104 Å². The molecule has 22 heavy (non-hydrogen) atoms. The van der Waals surface area contributed by atoms with Gasteiger partial charge in [-0.05, 0) is 30.3 Å². The number of aromatic hydroxyl groups is 1. The molecule has 0 fully saturated rings. The molecule has 9 heteroatoms. The van der Waals surface area contributed by atoms with Gasteiger partial charge in [-0.25, -0.2) is 22.0 Å². The first-order valence-corrected chi connectivity index (χ1v) is 7.23. The first-order valence-electron chi connectivity index (χ1n) is 5.75. The number of carbonyl (C=O) groups is 1. The van der Waals surface area contributed by atoms with Crippen LogP contribution in [0.5, 0.6) is 5.75 Å². The van der Waals surface area contributed by atoms with Gasteiger partial charge in [0.25, 0.3) is 10.0 Å². The molecule has 0 unspecified atom stereocenters. The van der Waals surface area contributed by atoms with Crippen LogP contribution in [0.25, 0.3) is 0 Å². The number of rotatable bonds is 4. The molecule has 2 rings (SSSR count). The van der Waals surface area contributed by atoms with Gasteiger partial charge in [0.15, 0.2) is 11.6 Å². The zero-order valence-corrected chi connectivity index (χ0v) is 11.6. The van der Waals surface area contributed by atoms with Crippen molar-refractivity contribution in [3.8, 4) is 5.75 Å². The molecular weight excluding hydrogens is 320 g/mol. The first-order chi connectivity index (χ1) is 10.2. The van der Waals surface area contributed by atoms with E-state index in [2.05, 4.69) is 0 Å². The molecule has 3 N–H and O–H groups in total. The Morgan fingerprint density at radius 3 is 2.27 bits per heavy atom. The van der Waals surface area contributed by atoms with E-state index in [0.29, 0.717) is 12.1 Å². The zero-order chi connectivity index (χ0) is 16.5. The first kappa shape index (κ1) is 15.7. The van der Waals surface area contributed by atoms with Gasteiger partial charge in [-0.2, -0.15) is 0 Å². The molecule has 0 atom stereocenters. The maximum absolute atomic E-state index is 13.1. The molecule has 0 heterocycles. The number of hydrogen-bond acceptors (Lipinski definition) is 4. The van der Waals surface area contributed by atoms with Crippen LogP contribution < -0.4 is 4.72 Å². The van der Waals surface area contributed by atoms with Crippen LogP contribution in [0, 0.1) is 11.6 Å². The highest BCUT2D eigenvalue weighted by Gasteiger charge is 2.18. The van der Waals surface area contributed by atoms with Gasteiger partial charge in [-0.3, -0.25) is 4.72 Å². The van der Waals surface area contributed by atoms with Crippen molar-refractivity contribution in [2.24, 2.45) is 0 Å². The number of carboxylic acids is 1. The minimum Gasteiger partial charge on any atom is -0.507 e. The molecule has 0 aromatic heterocycles. The highest BCUT2D eigenvalue weighted by molar-refractivity contribution is 7.92. The number of sulfonamides is 1. The van der Waals surface area contributed by atoms with E-state index in [1.54, 1.807) is 0 Å². The molecule has 0 amide bonds. The number of halogens is 2. The van der Waals surface area contributed by atoms with E-state index >= 15 is 0 Å². The smallest absolute Gasteiger partial charge is 0.339 e. The summed E-state index contributed by atoms with van der Waals surface area (Å²) >= 11 is 0. The largest absolute Gasteiger partial charge is 0.507 e. The van der Waals surface area contributed by atoms with Crippen LogP contribution in [-0.4, -0.2) is 24.6 Å². The number of anilines is 1. The quantitative estimate of drug-likeness (QED) is 0.797. The lowest BCUT2D eigenvalue weighted by atomic mass is 10.2. The normalized spacial score (nSPS) is 11.2. The second kappa shape index (κ2) is 5.60. The molecule has 0 saturated carbocycles. The second-order valence-electron chi connectivity index (χ2n) is 4.22. The highest BCUT2D eigenvalue weighted by atomic mass is 32.2. The van der Waals surface area contributed by atoms with E-state index in [1.807, 2.05) is 4.72 Å². The Morgan fingerprint density at radius 2 is 1.73 bits per heavy atom. The summed E-state index contributed by atoms with van der Waals surface area (Å²) in [5, 5.41) is 18.2. The molecule has 0 aliphatic rings. The number of aromatic carboxylic acids is 1. The van der Waals surface area contributed by atoms with Gasteiger partial charge in [-0.1, -0.05) is 0 Å². The average molecular weight is 329 g/mol. The fourth-order valence-electron chi connectivity index (χ4n) is 1.63. The monoisotopic (exact) mass is 329 g/mol. The molecule has 0 spiro atoms. The minimum atomic E-state index is -4.22. The molecule has 0 aliphatic carbocycles. The lowest BCUT2D eigenvalue weighted by Gasteiger charge is -2.09. The van der Waals surface area contributed by atoms with Gasteiger partial charge in [0.2, 0.25) is 0 Å². The van der Waals surface area contributed by atoms with E-state index in [-0.39, 0.29) is 5.69 Å². The standard InChI is InChI=1S/C13H9F2NO5S/c14-10-4-2-8(6-11(10)15)22(20,21)16-7-1-3-9(13(18)19)12(17)5-7/h1-6,16-17H,(H,18,19). The fourth-order valence-corrected chi connectivity index (χ4v) is 2.70. The summed E-state index contributed by atoms with van der Waals surface area (Å²) in [6, 6.07) is 5.03. The predicted molar refractivity (Wildman–Crippen MR) is 72.2 cm³/mol. The third-order valence-electron chi connectivity index (χ3n) is 2.68. The summed E-state index contributed by atoms with van der Waals surface area (Å²) in [4.78, 5) is 10.2. The van der Waals surface area contributed by atoms with Crippen molar-refractivity contribution in [3.05, 3.63) is 53.6 Å². The van der Waals surface area contributed by atoms with E-state index < -0.39 is 43.8 Å². The molecule has 2 aromatic rings. The van der Waals surface area contributed by atoms with Gasteiger partial charge < -0.3 is 10.2 Å². The molecule has 2 aromatic carbocycles. The Balaban J connectivity index is 2.34. The van der Waals surface area contributed by atoms with E-state index in [9.17, 15) is 27.1 Å². The van der Waals surface area contributed by atoms with Crippen molar-refractivity contribution in [1.29, 1.82) is 0 Å². The Morgan fingerprint density at radius 1 is 1.05 bits per heavy atom. The number of nitrogens with one attached hydrogen (secondary N) is 1. The Bertz CT molecular complexity index is 852. The lowest BCUT2D eigenvalue weighted by molar-refractivity contribution is 0.0694. The Labute approximate surface area is 123 Å². The maximum Gasteiger partial charge on any atom is 0.339 e.